The summed E-state index contributed by atoms with van der Waals surface area (Å²) in [5, 5.41) is 2.44. The molecule has 0 aliphatic carbocycles. The Kier molecular flexibility index (Phi) is 12.3. The van der Waals surface area contributed by atoms with Crippen molar-refractivity contribution in [2.45, 2.75) is 52.4 Å². The molecule has 3 rings (SSSR count). The van der Waals surface area contributed by atoms with Gasteiger partial charge in [0.05, 0.1) is 19.6 Å². The third-order valence-corrected chi connectivity index (χ3v) is 6.41. The fourth-order valence-electron chi connectivity index (χ4n) is 4.17. The van der Waals surface area contributed by atoms with Crippen LogP contribution in [0.1, 0.15) is 43.7 Å². The molecule has 1 aliphatic rings. The zero-order valence-electron chi connectivity index (χ0n) is 25.1. The summed E-state index contributed by atoms with van der Waals surface area (Å²) < 4.78 is 36.9. The third-order valence-electron chi connectivity index (χ3n) is 6.41. The van der Waals surface area contributed by atoms with E-state index in [9.17, 15) is 24.0 Å². The van der Waals surface area contributed by atoms with E-state index < -0.39 is 73.5 Å². The zero-order chi connectivity index (χ0) is 32.2. The molecule has 44 heavy (non-hydrogen) atoms. The summed E-state index contributed by atoms with van der Waals surface area (Å²) in [6.07, 6.45) is -1.85. The molecule has 238 valence electrons. The monoisotopic (exact) mass is 616 g/mol. The van der Waals surface area contributed by atoms with Crippen LogP contribution in [0.4, 0.5) is 4.79 Å². The van der Waals surface area contributed by atoms with Gasteiger partial charge in [-0.2, -0.15) is 0 Å². The molecule has 0 spiro atoms. The van der Waals surface area contributed by atoms with Crippen LogP contribution < -0.4 is 14.8 Å². The molecule has 2 aromatic rings. The second-order valence-corrected chi connectivity index (χ2v) is 9.93. The Morgan fingerprint density at radius 1 is 1.07 bits per heavy atom. The summed E-state index contributed by atoms with van der Waals surface area (Å²) in [5.74, 6) is -4.84. The second kappa shape index (κ2) is 16.1. The lowest BCUT2D eigenvalue weighted by Crippen LogP contribution is -2.47. The van der Waals surface area contributed by atoms with E-state index in [2.05, 4.69) is 15.0 Å². The van der Waals surface area contributed by atoms with Crippen LogP contribution in [-0.4, -0.2) is 80.3 Å². The summed E-state index contributed by atoms with van der Waals surface area (Å²) in [6, 6.07) is 8.96. The molecule has 0 saturated carbocycles. The van der Waals surface area contributed by atoms with Gasteiger partial charge in [0.15, 0.2) is 29.3 Å². The molecule has 4 atom stereocenters. The van der Waals surface area contributed by atoms with Crippen LogP contribution >= 0.6 is 0 Å². The third kappa shape index (κ3) is 9.06. The predicted molar refractivity (Wildman–Crippen MR) is 151 cm³/mol. The molecular formula is C30H36N2O12. The van der Waals surface area contributed by atoms with Crippen LogP contribution in [-0.2, 0) is 44.5 Å². The highest BCUT2D eigenvalue weighted by Gasteiger charge is 2.42. The van der Waals surface area contributed by atoms with Gasteiger partial charge >= 0.3 is 24.1 Å². The standard InChI is InChI=1S/C30H36N2O12/c1-6-39-30(37)42-16-41-25-22(38-5)12-13-31-23(25)26(33)32-21-15-40-28(35)20(14-19-10-8-7-9-11-19)24(18(4)43-29(21)36)44-27(34)17(2)3/h7-13,17-18,20-21,24H,6,14-16H2,1-5H3,(H,32,33)/t18-,20+,21-,24-/m0/s1. The Morgan fingerprint density at radius 2 is 1.80 bits per heavy atom. The van der Waals surface area contributed by atoms with Gasteiger partial charge in [0, 0.05) is 12.3 Å². The number of carbonyl (C=O) groups is 5. The van der Waals surface area contributed by atoms with Crippen molar-refractivity contribution < 1.29 is 57.1 Å². The van der Waals surface area contributed by atoms with Gasteiger partial charge in [0.1, 0.15) is 18.6 Å². The number of cyclic esters (lactones) is 2. The molecule has 1 saturated heterocycles. The number of carbonyl (C=O) groups excluding carboxylic acids is 5. The Bertz CT molecular complexity index is 1320. The van der Waals surface area contributed by atoms with Gasteiger partial charge in [0.2, 0.25) is 6.79 Å². The molecule has 0 bridgehead atoms. The number of aromatic nitrogens is 1. The van der Waals surface area contributed by atoms with Crippen molar-refractivity contribution in [1.29, 1.82) is 0 Å². The smallest absolute Gasteiger partial charge is 0.493 e. The average Bonchev–Trinajstić information content (AvgIpc) is 3.03. The number of ether oxygens (including phenoxy) is 7. The van der Waals surface area contributed by atoms with Gasteiger partial charge < -0.3 is 38.5 Å². The van der Waals surface area contributed by atoms with E-state index >= 15 is 0 Å². The summed E-state index contributed by atoms with van der Waals surface area (Å²) in [4.78, 5) is 68.1. The Balaban J connectivity index is 1.84. The Labute approximate surface area is 254 Å². The van der Waals surface area contributed by atoms with E-state index in [1.807, 2.05) is 6.07 Å². The summed E-state index contributed by atoms with van der Waals surface area (Å²) >= 11 is 0. The van der Waals surface area contributed by atoms with Crippen molar-refractivity contribution in [2.75, 3.05) is 27.1 Å². The van der Waals surface area contributed by atoms with E-state index in [-0.39, 0.29) is 30.2 Å². The lowest BCUT2D eigenvalue weighted by Gasteiger charge is -2.29. The van der Waals surface area contributed by atoms with Gasteiger partial charge in [-0.25, -0.2) is 14.6 Å². The molecule has 0 unspecified atom stereocenters. The fraction of sp³-hybridized carbons (Fsp3) is 0.467. The normalized spacial score (nSPS) is 20.1. The quantitative estimate of drug-likeness (QED) is 0.222. The number of benzene rings is 1. The van der Waals surface area contributed by atoms with E-state index in [0.29, 0.717) is 0 Å². The maximum Gasteiger partial charge on any atom is 0.511 e. The zero-order valence-corrected chi connectivity index (χ0v) is 25.1. The number of hydrogen-bond donors (Lipinski definition) is 1. The van der Waals surface area contributed by atoms with Crippen LogP contribution in [0.2, 0.25) is 0 Å². The number of hydrogen-bond acceptors (Lipinski definition) is 13. The number of nitrogens with zero attached hydrogens (tertiary/aromatic N) is 1. The van der Waals surface area contributed by atoms with E-state index in [1.54, 1.807) is 45.0 Å². The van der Waals surface area contributed by atoms with Gasteiger partial charge in [0.25, 0.3) is 5.91 Å². The molecule has 2 heterocycles. The minimum absolute atomic E-state index is 0.0771. The van der Waals surface area contributed by atoms with Gasteiger partial charge in [-0.1, -0.05) is 44.2 Å². The minimum atomic E-state index is -1.47. The first-order chi connectivity index (χ1) is 21.0. The maximum absolute atomic E-state index is 13.4. The molecule has 1 amide bonds. The van der Waals surface area contributed by atoms with Crippen molar-refractivity contribution in [3.05, 3.63) is 53.9 Å². The summed E-state index contributed by atoms with van der Waals surface area (Å²) in [5.41, 5.74) is 0.445. The fourth-order valence-corrected chi connectivity index (χ4v) is 4.17. The first-order valence-electron chi connectivity index (χ1n) is 13.9. The molecule has 1 N–H and O–H groups in total. The number of amides is 1. The highest BCUT2D eigenvalue weighted by Crippen LogP contribution is 2.30. The Hall–Kier alpha value is -4.88. The van der Waals surface area contributed by atoms with E-state index in [0.717, 1.165) is 5.56 Å². The average molecular weight is 617 g/mol. The molecule has 1 fully saturated rings. The highest BCUT2D eigenvalue weighted by atomic mass is 16.8. The van der Waals surface area contributed by atoms with Gasteiger partial charge in [-0.15, -0.1) is 0 Å². The van der Waals surface area contributed by atoms with Crippen molar-refractivity contribution in [3.63, 3.8) is 0 Å². The van der Waals surface area contributed by atoms with E-state index in [1.165, 1.54) is 26.3 Å². The summed E-state index contributed by atoms with van der Waals surface area (Å²) in [6.45, 7) is 5.22. The Morgan fingerprint density at radius 3 is 2.45 bits per heavy atom. The number of esters is 3. The largest absolute Gasteiger partial charge is 0.511 e. The highest BCUT2D eigenvalue weighted by molar-refractivity contribution is 5.98. The SMILES string of the molecule is CCOC(=O)OCOc1c(OC)ccnc1C(=O)N[C@H]1COC(=O)[C@H](Cc2ccccc2)[C@@H](OC(=O)C(C)C)[C@H](C)OC1=O. The lowest BCUT2D eigenvalue weighted by atomic mass is 9.91. The van der Waals surface area contributed by atoms with Crippen LogP contribution in [0, 0.1) is 11.8 Å². The molecule has 14 heteroatoms. The van der Waals surface area contributed by atoms with E-state index in [4.69, 9.17) is 28.4 Å². The molecule has 1 aromatic heterocycles. The minimum Gasteiger partial charge on any atom is -0.493 e. The molecule has 14 nitrogen and oxygen atoms in total. The molecule has 1 aliphatic heterocycles. The van der Waals surface area contributed by atoms with Crippen LogP contribution in [0.3, 0.4) is 0 Å². The lowest BCUT2D eigenvalue weighted by molar-refractivity contribution is -0.176. The van der Waals surface area contributed by atoms with Crippen LogP contribution in [0.25, 0.3) is 0 Å². The first-order valence-corrected chi connectivity index (χ1v) is 13.9. The van der Waals surface area contributed by atoms with Crippen LogP contribution in [0.15, 0.2) is 42.6 Å². The second-order valence-electron chi connectivity index (χ2n) is 9.93. The van der Waals surface area contributed by atoms with Gasteiger partial charge in [-0.3, -0.25) is 14.4 Å². The van der Waals surface area contributed by atoms with Crippen molar-refractivity contribution in [2.24, 2.45) is 11.8 Å². The maximum atomic E-state index is 13.4. The predicted octanol–water partition coefficient (Wildman–Crippen LogP) is 2.61. The molecular weight excluding hydrogens is 580 g/mol. The number of nitrogens with one attached hydrogen (secondary N) is 1. The van der Waals surface area contributed by atoms with Crippen LogP contribution in [0.5, 0.6) is 11.5 Å². The topological polar surface area (TPSA) is 175 Å². The summed E-state index contributed by atoms with van der Waals surface area (Å²) in [7, 11) is 1.32. The van der Waals surface area contributed by atoms with Crippen molar-refractivity contribution in [3.8, 4) is 11.5 Å². The number of rotatable bonds is 11. The number of pyridine rings is 1. The number of methoxy groups -OCH3 is 1. The first kappa shape index (κ1) is 33.6. The molecule has 1 aromatic carbocycles. The molecule has 0 radical (unpaired) electrons. The van der Waals surface area contributed by atoms with Crippen molar-refractivity contribution >= 4 is 30.0 Å². The van der Waals surface area contributed by atoms with Gasteiger partial charge in [-0.05, 0) is 25.8 Å². The van der Waals surface area contributed by atoms with Crippen molar-refractivity contribution in [1.82, 2.24) is 10.3 Å².